The van der Waals surface area contributed by atoms with Gasteiger partial charge in [-0.15, -0.1) is 0 Å². The van der Waals surface area contributed by atoms with Crippen LogP contribution in [0.25, 0.3) is 0 Å². The Morgan fingerprint density at radius 1 is 1.20 bits per heavy atom. The Labute approximate surface area is 92.9 Å². The van der Waals surface area contributed by atoms with Gasteiger partial charge in [0.1, 0.15) is 0 Å². The van der Waals surface area contributed by atoms with E-state index >= 15 is 0 Å². The van der Waals surface area contributed by atoms with Crippen molar-refractivity contribution in [2.45, 2.75) is 27.2 Å². The van der Waals surface area contributed by atoms with Crippen LogP contribution in [0.4, 0.5) is 0 Å². The zero-order chi connectivity index (χ0) is 11.7. The average molecular weight is 216 g/mol. The fourth-order valence-electron chi connectivity index (χ4n) is 0.848. The first kappa shape index (κ1) is 14.4. The molecule has 2 N–H and O–H groups in total. The third-order valence-corrected chi connectivity index (χ3v) is 1.93. The van der Waals surface area contributed by atoms with Crippen LogP contribution >= 0.6 is 0 Å². The predicted octanol–water partition coefficient (Wildman–Crippen LogP) is 1.44. The van der Waals surface area contributed by atoms with Crippen molar-refractivity contribution in [2.24, 2.45) is 16.1 Å². The molecular formula is C11H24N2O2. The summed E-state index contributed by atoms with van der Waals surface area (Å²) >= 11 is 0. The van der Waals surface area contributed by atoms with Crippen LogP contribution in [0.3, 0.4) is 0 Å². The van der Waals surface area contributed by atoms with Crippen molar-refractivity contribution in [3.05, 3.63) is 0 Å². The third kappa shape index (κ3) is 8.39. The summed E-state index contributed by atoms with van der Waals surface area (Å²) in [6.07, 6.45) is 0.903. The SMILES string of the molecule is COCCOCCCN=C(N)C(C)(C)C. The van der Waals surface area contributed by atoms with Gasteiger partial charge < -0.3 is 15.2 Å². The molecule has 0 fully saturated rings. The van der Waals surface area contributed by atoms with Gasteiger partial charge in [0.05, 0.1) is 19.0 Å². The Hall–Kier alpha value is -0.610. The quantitative estimate of drug-likeness (QED) is 0.398. The number of hydrogen-bond acceptors (Lipinski definition) is 3. The highest BCUT2D eigenvalue weighted by molar-refractivity contribution is 5.85. The van der Waals surface area contributed by atoms with Gasteiger partial charge in [-0.05, 0) is 6.42 Å². The van der Waals surface area contributed by atoms with Gasteiger partial charge in [0.25, 0.3) is 0 Å². The number of amidine groups is 1. The van der Waals surface area contributed by atoms with Gasteiger partial charge in [0.2, 0.25) is 0 Å². The van der Waals surface area contributed by atoms with Crippen LogP contribution in [-0.4, -0.2) is 39.3 Å². The molecule has 0 aliphatic carbocycles. The van der Waals surface area contributed by atoms with Gasteiger partial charge in [-0.2, -0.15) is 0 Å². The molecule has 0 aromatic carbocycles. The molecule has 0 saturated carbocycles. The summed E-state index contributed by atoms with van der Waals surface area (Å²) in [5.41, 5.74) is 5.77. The van der Waals surface area contributed by atoms with E-state index in [2.05, 4.69) is 25.8 Å². The molecule has 4 nitrogen and oxygen atoms in total. The first-order valence-electron chi connectivity index (χ1n) is 5.35. The molecule has 15 heavy (non-hydrogen) atoms. The van der Waals surface area contributed by atoms with Gasteiger partial charge in [-0.3, -0.25) is 4.99 Å². The molecule has 0 aliphatic heterocycles. The maximum atomic E-state index is 5.80. The lowest BCUT2D eigenvalue weighted by Gasteiger charge is -2.17. The van der Waals surface area contributed by atoms with Crippen LogP contribution in [0.1, 0.15) is 27.2 Å². The molecule has 0 amide bonds. The molecule has 0 unspecified atom stereocenters. The molecule has 4 heteroatoms. The van der Waals surface area contributed by atoms with Crippen molar-refractivity contribution >= 4 is 5.84 Å². The van der Waals surface area contributed by atoms with Crippen LogP contribution in [0, 0.1) is 5.41 Å². The summed E-state index contributed by atoms with van der Waals surface area (Å²) < 4.78 is 10.2. The minimum Gasteiger partial charge on any atom is -0.387 e. The van der Waals surface area contributed by atoms with Crippen LogP contribution in [0.2, 0.25) is 0 Å². The standard InChI is InChI=1S/C11H24N2O2/c1-11(2,3)10(12)13-6-5-7-15-9-8-14-4/h5-9H2,1-4H3,(H2,12,13). The molecule has 0 heterocycles. The second kappa shape index (κ2) is 7.65. The molecule has 0 spiro atoms. The number of nitrogens with two attached hydrogens (primary N) is 1. The van der Waals surface area contributed by atoms with E-state index in [1.807, 2.05) is 0 Å². The topological polar surface area (TPSA) is 56.8 Å². The van der Waals surface area contributed by atoms with Gasteiger partial charge in [-0.1, -0.05) is 20.8 Å². The summed E-state index contributed by atoms with van der Waals surface area (Å²) in [5, 5.41) is 0. The van der Waals surface area contributed by atoms with Crippen LogP contribution in [-0.2, 0) is 9.47 Å². The number of nitrogens with zero attached hydrogens (tertiary/aromatic N) is 1. The van der Waals surface area contributed by atoms with E-state index in [0.717, 1.165) is 13.0 Å². The van der Waals surface area contributed by atoms with E-state index < -0.39 is 0 Å². The molecule has 90 valence electrons. The lowest BCUT2D eigenvalue weighted by Crippen LogP contribution is -2.29. The zero-order valence-corrected chi connectivity index (χ0v) is 10.4. The minimum absolute atomic E-state index is 0.0308. The average Bonchev–Trinajstić information content (AvgIpc) is 2.14. The molecule has 0 saturated heterocycles. The van der Waals surface area contributed by atoms with E-state index in [1.165, 1.54) is 0 Å². The summed E-state index contributed by atoms with van der Waals surface area (Å²) in [7, 11) is 1.66. The van der Waals surface area contributed by atoms with Crippen LogP contribution in [0.5, 0.6) is 0 Å². The largest absolute Gasteiger partial charge is 0.387 e. The predicted molar refractivity (Wildman–Crippen MR) is 63.3 cm³/mol. The molecule has 0 aromatic rings. The molecule has 0 aliphatic rings. The fourth-order valence-corrected chi connectivity index (χ4v) is 0.848. The van der Waals surface area contributed by atoms with Crippen molar-refractivity contribution in [2.75, 3.05) is 33.5 Å². The summed E-state index contributed by atoms with van der Waals surface area (Å²) in [6.45, 7) is 8.91. The van der Waals surface area contributed by atoms with Gasteiger partial charge >= 0.3 is 0 Å². The highest BCUT2D eigenvalue weighted by atomic mass is 16.5. The molecule has 0 radical (unpaired) electrons. The van der Waals surface area contributed by atoms with Crippen molar-refractivity contribution < 1.29 is 9.47 Å². The number of aliphatic imine (C=N–C) groups is 1. The Morgan fingerprint density at radius 2 is 1.87 bits per heavy atom. The minimum atomic E-state index is -0.0308. The molecule has 0 bridgehead atoms. The van der Waals surface area contributed by atoms with E-state index in [0.29, 0.717) is 25.7 Å². The Balaban J connectivity index is 3.45. The van der Waals surface area contributed by atoms with E-state index in [4.69, 9.17) is 15.2 Å². The van der Waals surface area contributed by atoms with Gasteiger partial charge in [-0.25, -0.2) is 0 Å². The van der Waals surface area contributed by atoms with Crippen molar-refractivity contribution in [1.29, 1.82) is 0 Å². The van der Waals surface area contributed by atoms with Crippen LogP contribution in [0.15, 0.2) is 4.99 Å². The first-order chi connectivity index (χ1) is 6.98. The molecular weight excluding hydrogens is 192 g/mol. The highest BCUT2D eigenvalue weighted by Crippen LogP contribution is 2.12. The van der Waals surface area contributed by atoms with E-state index in [-0.39, 0.29) is 5.41 Å². The van der Waals surface area contributed by atoms with E-state index in [9.17, 15) is 0 Å². The normalized spacial score (nSPS) is 13.2. The summed E-state index contributed by atoms with van der Waals surface area (Å²) in [6, 6.07) is 0. The highest BCUT2D eigenvalue weighted by Gasteiger charge is 2.14. The molecule has 0 rings (SSSR count). The number of hydrogen-bond donors (Lipinski definition) is 1. The summed E-state index contributed by atoms with van der Waals surface area (Å²) in [5.74, 6) is 0.708. The first-order valence-corrected chi connectivity index (χ1v) is 5.35. The van der Waals surface area contributed by atoms with Crippen LogP contribution < -0.4 is 5.73 Å². The van der Waals surface area contributed by atoms with Gasteiger partial charge in [0.15, 0.2) is 0 Å². The van der Waals surface area contributed by atoms with Crippen molar-refractivity contribution in [1.82, 2.24) is 0 Å². The van der Waals surface area contributed by atoms with E-state index in [1.54, 1.807) is 7.11 Å². The lowest BCUT2D eigenvalue weighted by atomic mass is 9.95. The molecule has 0 aromatic heterocycles. The zero-order valence-electron chi connectivity index (χ0n) is 10.4. The second-order valence-electron chi connectivity index (χ2n) is 4.48. The maximum absolute atomic E-state index is 5.80. The summed E-state index contributed by atoms with van der Waals surface area (Å²) in [4.78, 5) is 4.30. The number of rotatable bonds is 7. The lowest BCUT2D eigenvalue weighted by molar-refractivity contribution is 0.0702. The third-order valence-electron chi connectivity index (χ3n) is 1.93. The van der Waals surface area contributed by atoms with Gasteiger partial charge in [0, 0.05) is 25.7 Å². The fraction of sp³-hybridized carbons (Fsp3) is 0.909. The number of ether oxygens (including phenoxy) is 2. The monoisotopic (exact) mass is 216 g/mol. The molecule has 0 atom stereocenters. The Kier molecular flexibility index (Phi) is 7.34. The maximum Gasteiger partial charge on any atom is 0.0991 e. The van der Waals surface area contributed by atoms with Crippen molar-refractivity contribution in [3.8, 4) is 0 Å². The number of methoxy groups -OCH3 is 1. The smallest absolute Gasteiger partial charge is 0.0991 e. The Morgan fingerprint density at radius 3 is 2.40 bits per heavy atom. The Bertz CT molecular complexity index is 186. The van der Waals surface area contributed by atoms with Crippen molar-refractivity contribution in [3.63, 3.8) is 0 Å². The second-order valence-corrected chi connectivity index (χ2v) is 4.48.